The van der Waals surface area contributed by atoms with Crippen LogP contribution in [0.2, 0.25) is 0 Å². The Balaban J connectivity index is 2.33. The van der Waals surface area contributed by atoms with Crippen LogP contribution in [0.4, 0.5) is 8.78 Å². The molecule has 16 heavy (non-hydrogen) atoms. The Labute approximate surface area is 93.1 Å². The first kappa shape index (κ1) is 10.8. The third-order valence-electron chi connectivity index (χ3n) is 1.73. The van der Waals surface area contributed by atoms with Gasteiger partial charge >= 0.3 is 0 Å². The number of thioether (sulfide) groups is 1. The average Bonchev–Trinajstić information content (AvgIpc) is 2.66. The van der Waals surface area contributed by atoms with Crippen LogP contribution in [-0.4, -0.2) is 31.1 Å². The lowest BCUT2D eigenvalue weighted by atomic mass is 10.3. The zero-order chi connectivity index (χ0) is 11.5. The largest absolute Gasteiger partial charge is 0.508 e. The predicted molar refractivity (Wildman–Crippen MR) is 52.7 cm³/mol. The molecule has 84 valence electrons. The molecule has 0 saturated carbocycles. The molecule has 0 bridgehead atoms. The first-order valence-electron chi connectivity index (χ1n) is 4.19. The van der Waals surface area contributed by atoms with Crippen molar-refractivity contribution in [1.29, 1.82) is 0 Å². The minimum atomic E-state index is -2.58. The second-order valence-electron chi connectivity index (χ2n) is 2.77. The van der Waals surface area contributed by atoms with Gasteiger partial charge in [-0.1, -0.05) is 0 Å². The van der Waals surface area contributed by atoms with Crippen LogP contribution in [-0.2, 0) is 0 Å². The lowest BCUT2D eigenvalue weighted by molar-refractivity contribution is 0.251. The fourth-order valence-electron chi connectivity index (χ4n) is 1.09. The quantitative estimate of drug-likeness (QED) is 0.832. The summed E-state index contributed by atoms with van der Waals surface area (Å²) >= 11 is 0.262. The zero-order valence-electron chi connectivity index (χ0n) is 7.79. The van der Waals surface area contributed by atoms with E-state index in [1.54, 1.807) is 0 Å². The van der Waals surface area contributed by atoms with Crippen LogP contribution in [0.5, 0.6) is 5.75 Å². The number of nitrogens with zero attached hydrogens (tertiary/aromatic N) is 4. The SMILES string of the molecule is Oc1ccc(-n2nnnc2SC(F)F)cc1. The van der Waals surface area contributed by atoms with E-state index in [2.05, 4.69) is 15.5 Å². The van der Waals surface area contributed by atoms with Gasteiger partial charge in [0.05, 0.1) is 5.69 Å². The van der Waals surface area contributed by atoms with E-state index < -0.39 is 5.76 Å². The Bertz CT molecular complexity index is 473. The molecule has 1 N–H and O–H groups in total. The van der Waals surface area contributed by atoms with Crippen molar-refractivity contribution in [3.63, 3.8) is 0 Å². The van der Waals surface area contributed by atoms with Crippen molar-refractivity contribution < 1.29 is 13.9 Å². The molecule has 1 aromatic carbocycles. The molecule has 0 unspecified atom stereocenters. The van der Waals surface area contributed by atoms with E-state index in [4.69, 9.17) is 5.11 Å². The van der Waals surface area contributed by atoms with E-state index in [1.807, 2.05) is 0 Å². The molecule has 0 radical (unpaired) electrons. The third kappa shape index (κ3) is 2.27. The zero-order valence-corrected chi connectivity index (χ0v) is 8.60. The number of hydrogen-bond donors (Lipinski definition) is 1. The van der Waals surface area contributed by atoms with Crippen LogP contribution in [0.3, 0.4) is 0 Å². The number of rotatable bonds is 3. The highest BCUT2D eigenvalue weighted by molar-refractivity contribution is 7.99. The van der Waals surface area contributed by atoms with Crippen LogP contribution in [0.25, 0.3) is 5.69 Å². The number of alkyl halides is 2. The second kappa shape index (κ2) is 4.44. The first-order chi connectivity index (χ1) is 7.66. The molecule has 0 aliphatic carbocycles. The van der Waals surface area contributed by atoms with Crippen molar-refractivity contribution in [2.45, 2.75) is 10.9 Å². The maximum Gasteiger partial charge on any atom is 0.291 e. The lowest BCUT2D eigenvalue weighted by Crippen LogP contribution is -1.99. The summed E-state index contributed by atoms with van der Waals surface area (Å²) in [6.45, 7) is 0. The van der Waals surface area contributed by atoms with E-state index in [-0.39, 0.29) is 22.7 Å². The van der Waals surface area contributed by atoms with Gasteiger partial charge in [0, 0.05) is 0 Å². The Kier molecular flexibility index (Phi) is 3.00. The van der Waals surface area contributed by atoms with Gasteiger partial charge in [-0.15, -0.1) is 5.10 Å². The van der Waals surface area contributed by atoms with Crippen LogP contribution in [0, 0.1) is 0 Å². The summed E-state index contributed by atoms with van der Waals surface area (Å²) in [5.74, 6) is -2.50. The minimum Gasteiger partial charge on any atom is -0.508 e. The predicted octanol–water partition coefficient (Wildman–Crippen LogP) is 1.68. The number of aromatic hydroxyl groups is 1. The number of tetrazole rings is 1. The van der Waals surface area contributed by atoms with Crippen molar-refractivity contribution >= 4 is 11.8 Å². The molecule has 0 atom stereocenters. The second-order valence-corrected chi connectivity index (χ2v) is 3.73. The van der Waals surface area contributed by atoms with E-state index in [0.717, 1.165) is 0 Å². The minimum absolute atomic E-state index is 0.000639. The number of benzene rings is 1. The molecule has 5 nitrogen and oxygen atoms in total. The van der Waals surface area contributed by atoms with E-state index in [1.165, 1.54) is 28.9 Å². The fraction of sp³-hybridized carbons (Fsp3) is 0.125. The molecule has 0 aliphatic heterocycles. The number of phenols is 1. The highest BCUT2D eigenvalue weighted by Gasteiger charge is 2.14. The van der Waals surface area contributed by atoms with Gasteiger partial charge in [-0.2, -0.15) is 13.5 Å². The van der Waals surface area contributed by atoms with Gasteiger partial charge in [-0.25, -0.2) is 0 Å². The molecule has 0 amide bonds. The Morgan fingerprint density at radius 1 is 1.25 bits per heavy atom. The van der Waals surface area contributed by atoms with E-state index >= 15 is 0 Å². The average molecular weight is 244 g/mol. The summed E-state index contributed by atoms with van der Waals surface area (Å²) in [6, 6.07) is 5.91. The van der Waals surface area contributed by atoms with Crippen LogP contribution in [0.15, 0.2) is 29.4 Å². The molecule has 0 saturated heterocycles. The van der Waals surface area contributed by atoms with Crippen molar-refractivity contribution in [3.05, 3.63) is 24.3 Å². The number of halogens is 2. The molecular formula is C8H6F2N4OS. The molecule has 0 aliphatic rings. The molecular weight excluding hydrogens is 238 g/mol. The molecule has 2 aromatic rings. The summed E-state index contributed by atoms with van der Waals surface area (Å²) in [7, 11) is 0. The lowest BCUT2D eigenvalue weighted by Gasteiger charge is -2.03. The standard InChI is InChI=1S/C8H6F2N4OS/c9-7(10)16-8-11-12-13-14(8)5-1-3-6(15)4-2-5/h1-4,7,15H. The van der Waals surface area contributed by atoms with E-state index in [9.17, 15) is 8.78 Å². The van der Waals surface area contributed by atoms with Gasteiger partial charge in [0.2, 0.25) is 5.16 Å². The van der Waals surface area contributed by atoms with Gasteiger partial charge in [0.15, 0.2) is 0 Å². The normalized spacial score (nSPS) is 10.9. The van der Waals surface area contributed by atoms with Gasteiger partial charge in [0.25, 0.3) is 5.76 Å². The van der Waals surface area contributed by atoms with Gasteiger partial charge in [0.1, 0.15) is 5.75 Å². The van der Waals surface area contributed by atoms with Crippen LogP contribution < -0.4 is 0 Å². The smallest absolute Gasteiger partial charge is 0.291 e. The Morgan fingerprint density at radius 3 is 2.56 bits per heavy atom. The molecule has 8 heteroatoms. The molecule has 0 fully saturated rings. The van der Waals surface area contributed by atoms with Crippen molar-refractivity contribution in [2.75, 3.05) is 0 Å². The number of phenolic OH excluding ortho intramolecular Hbond substituents is 1. The van der Waals surface area contributed by atoms with Gasteiger partial charge in [-0.3, -0.25) is 0 Å². The maximum absolute atomic E-state index is 12.2. The third-order valence-corrected chi connectivity index (χ3v) is 2.37. The molecule has 2 rings (SSSR count). The van der Waals surface area contributed by atoms with E-state index in [0.29, 0.717) is 5.69 Å². The fourth-order valence-corrected chi connectivity index (χ4v) is 1.57. The van der Waals surface area contributed by atoms with Crippen molar-refractivity contribution in [3.8, 4) is 11.4 Å². The monoisotopic (exact) mass is 244 g/mol. The van der Waals surface area contributed by atoms with Gasteiger partial charge in [-0.05, 0) is 46.5 Å². The highest BCUT2D eigenvalue weighted by Crippen LogP contribution is 2.24. The molecule has 1 heterocycles. The Hall–Kier alpha value is -1.70. The highest BCUT2D eigenvalue weighted by atomic mass is 32.2. The maximum atomic E-state index is 12.2. The van der Waals surface area contributed by atoms with Crippen molar-refractivity contribution in [1.82, 2.24) is 20.2 Å². The first-order valence-corrected chi connectivity index (χ1v) is 5.07. The van der Waals surface area contributed by atoms with Crippen LogP contribution >= 0.6 is 11.8 Å². The summed E-state index contributed by atoms with van der Waals surface area (Å²) < 4.78 is 25.5. The number of hydrogen-bond acceptors (Lipinski definition) is 5. The topological polar surface area (TPSA) is 63.8 Å². The molecule has 0 spiro atoms. The summed E-state index contributed by atoms with van der Waals surface area (Å²) in [6.07, 6.45) is 0. The molecule has 1 aromatic heterocycles. The summed E-state index contributed by atoms with van der Waals surface area (Å²) in [5, 5.41) is 19.5. The van der Waals surface area contributed by atoms with Gasteiger partial charge < -0.3 is 5.11 Å². The summed E-state index contributed by atoms with van der Waals surface area (Å²) in [4.78, 5) is 0. The Morgan fingerprint density at radius 2 is 1.94 bits per heavy atom. The van der Waals surface area contributed by atoms with Crippen molar-refractivity contribution in [2.24, 2.45) is 0 Å². The number of aromatic nitrogens is 4. The summed E-state index contributed by atoms with van der Waals surface area (Å²) in [5.41, 5.74) is 0.506. The van der Waals surface area contributed by atoms with Crippen LogP contribution in [0.1, 0.15) is 0 Å².